The lowest BCUT2D eigenvalue weighted by Gasteiger charge is -2.42. The maximum atomic E-state index is 12.5. The fourth-order valence-corrected chi connectivity index (χ4v) is 3.21. The number of aromatic nitrogens is 2. The molecule has 1 saturated heterocycles. The molecule has 1 N–H and O–H groups in total. The Hall–Kier alpha value is -2.34. The topological polar surface area (TPSA) is 67.6 Å². The van der Waals surface area contributed by atoms with Crippen molar-refractivity contribution in [3.05, 3.63) is 48.3 Å². The second-order valence-electron chi connectivity index (χ2n) is 6.83. The number of hydrogen-bond acceptors (Lipinski definition) is 4. The maximum Gasteiger partial charge on any atom is 0.224 e. The lowest BCUT2D eigenvalue weighted by molar-refractivity contribution is -0.146. The molecule has 0 radical (unpaired) electrons. The van der Waals surface area contributed by atoms with Crippen LogP contribution in [-0.2, 0) is 11.3 Å². The van der Waals surface area contributed by atoms with Crippen LogP contribution in [0.15, 0.2) is 42.6 Å². The average Bonchev–Trinajstić information content (AvgIpc) is 3.00. The minimum absolute atomic E-state index is 0.0355. The van der Waals surface area contributed by atoms with Gasteiger partial charge < -0.3 is 14.7 Å². The highest BCUT2D eigenvalue weighted by molar-refractivity contribution is 5.76. The molecule has 0 unspecified atom stereocenters. The fraction of sp³-hybridized carbons (Fsp3) is 0.474. The molecule has 1 amide bonds. The minimum Gasteiger partial charge on any atom is -0.487 e. The molecule has 3 rings (SSSR count). The van der Waals surface area contributed by atoms with E-state index in [1.165, 1.54) is 0 Å². The van der Waals surface area contributed by atoms with Gasteiger partial charge in [0.05, 0.1) is 6.54 Å². The number of para-hydroxylation sites is 1. The van der Waals surface area contributed by atoms with Crippen LogP contribution >= 0.6 is 0 Å². The van der Waals surface area contributed by atoms with Gasteiger partial charge in [0.2, 0.25) is 5.91 Å². The zero-order valence-electron chi connectivity index (χ0n) is 14.8. The molecule has 1 aromatic carbocycles. The summed E-state index contributed by atoms with van der Waals surface area (Å²) in [5, 5.41) is 15.0. The molecule has 134 valence electrons. The van der Waals surface area contributed by atoms with E-state index in [1.807, 2.05) is 48.0 Å². The Bertz CT molecular complexity index is 712. The Labute approximate surface area is 148 Å². The number of rotatable bonds is 5. The van der Waals surface area contributed by atoms with Crippen LogP contribution in [0.5, 0.6) is 5.75 Å². The molecule has 25 heavy (non-hydrogen) atoms. The minimum atomic E-state index is -1.08. The van der Waals surface area contributed by atoms with Crippen LogP contribution < -0.4 is 4.74 Å². The molecular weight excluding hydrogens is 318 g/mol. The summed E-state index contributed by atoms with van der Waals surface area (Å²) < 4.78 is 7.75. The van der Waals surface area contributed by atoms with Gasteiger partial charge in [0, 0.05) is 37.8 Å². The first-order valence-corrected chi connectivity index (χ1v) is 8.66. The summed E-state index contributed by atoms with van der Waals surface area (Å²) in [5.74, 6) is 0.773. The van der Waals surface area contributed by atoms with E-state index in [-0.39, 0.29) is 18.6 Å². The summed E-state index contributed by atoms with van der Waals surface area (Å²) in [5.41, 5.74) is -0.0412. The van der Waals surface area contributed by atoms with Crippen molar-refractivity contribution >= 4 is 5.91 Å². The molecule has 6 heteroatoms. The van der Waals surface area contributed by atoms with E-state index in [9.17, 15) is 9.90 Å². The second-order valence-corrected chi connectivity index (χ2v) is 6.83. The molecule has 2 atom stereocenters. The van der Waals surface area contributed by atoms with E-state index < -0.39 is 5.60 Å². The SMILES string of the molecule is Cc1ccnn1CCC(=O)N1CC[C@H](Oc2ccccc2)[C@@](C)(O)C1. The van der Waals surface area contributed by atoms with Crippen LogP contribution in [0.1, 0.15) is 25.5 Å². The standard InChI is InChI=1S/C19H25N3O3/c1-15-8-11-20-22(15)13-10-18(23)21-12-9-17(19(2,24)14-21)25-16-6-4-3-5-7-16/h3-8,11,17,24H,9-10,12-14H2,1-2H3/t17-,19-/m0/s1. The number of aliphatic hydroxyl groups is 1. The third-order valence-electron chi connectivity index (χ3n) is 4.71. The fourth-order valence-electron chi connectivity index (χ4n) is 3.21. The van der Waals surface area contributed by atoms with Crippen molar-refractivity contribution in [2.75, 3.05) is 13.1 Å². The lowest BCUT2D eigenvalue weighted by Crippen LogP contribution is -2.58. The number of piperidine rings is 1. The molecule has 1 aromatic heterocycles. The van der Waals surface area contributed by atoms with Crippen LogP contribution in [0, 0.1) is 6.92 Å². The molecule has 2 heterocycles. The monoisotopic (exact) mass is 343 g/mol. The van der Waals surface area contributed by atoms with Crippen molar-refractivity contribution in [3.8, 4) is 5.75 Å². The number of carbonyl (C=O) groups is 1. The van der Waals surface area contributed by atoms with E-state index in [1.54, 1.807) is 18.0 Å². The summed E-state index contributed by atoms with van der Waals surface area (Å²) in [6, 6.07) is 11.4. The van der Waals surface area contributed by atoms with Gasteiger partial charge in [0.1, 0.15) is 17.5 Å². The smallest absolute Gasteiger partial charge is 0.224 e. The van der Waals surface area contributed by atoms with Crippen molar-refractivity contribution in [1.29, 1.82) is 0 Å². The quantitative estimate of drug-likeness (QED) is 0.902. The molecule has 0 bridgehead atoms. The number of likely N-dealkylation sites (tertiary alicyclic amines) is 1. The van der Waals surface area contributed by atoms with E-state index in [2.05, 4.69) is 5.10 Å². The first-order chi connectivity index (χ1) is 12.0. The van der Waals surface area contributed by atoms with E-state index in [0.29, 0.717) is 25.9 Å². The number of aryl methyl sites for hydroxylation is 2. The highest BCUT2D eigenvalue weighted by Gasteiger charge is 2.41. The van der Waals surface area contributed by atoms with Gasteiger partial charge >= 0.3 is 0 Å². The Morgan fingerprint density at radius 2 is 2.12 bits per heavy atom. The van der Waals surface area contributed by atoms with E-state index >= 15 is 0 Å². The highest BCUT2D eigenvalue weighted by atomic mass is 16.5. The molecule has 0 aliphatic carbocycles. The summed E-state index contributed by atoms with van der Waals surface area (Å²) in [7, 11) is 0. The molecule has 1 aliphatic rings. The molecule has 0 saturated carbocycles. The van der Waals surface area contributed by atoms with Crippen LogP contribution in [0.3, 0.4) is 0 Å². The Balaban J connectivity index is 1.56. The zero-order valence-corrected chi connectivity index (χ0v) is 14.8. The van der Waals surface area contributed by atoms with Gasteiger partial charge in [-0.3, -0.25) is 9.48 Å². The Morgan fingerprint density at radius 3 is 2.76 bits per heavy atom. The third-order valence-corrected chi connectivity index (χ3v) is 4.71. The van der Waals surface area contributed by atoms with Crippen LogP contribution in [0.25, 0.3) is 0 Å². The van der Waals surface area contributed by atoms with Gasteiger partial charge in [0.15, 0.2) is 0 Å². The van der Waals surface area contributed by atoms with Crippen LogP contribution in [0.4, 0.5) is 0 Å². The van der Waals surface area contributed by atoms with Crippen molar-refractivity contribution in [1.82, 2.24) is 14.7 Å². The van der Waals surface area contributed by atoms with E-state index in [4.69, 9.17) is 4.74 Å². The van der Waals surface area contributed by atoms with Crippen molar-refractivity contribution in [2.45, 2.75) is 44.9 Å². The highest BCUT2D eigenvalue weighted by Crippen LogP contribution is 2.26. The largest absolute Gasteiger partial charge is 0.487 e. The molecular formula is C19H25N3O3. The van der Waals surface area contributed by atoms with Gasteiger partial charge in [-0.1, -0.05) is 18.2 Å². The number of ether oxygens (including phenoxy) is 1. The Morgan fingerprint density at radius 1 is 1.36 bits per heavy atom. The predicted molar refractivity (Wildman–Crippen MR) is 94.3 cm³/mol. The van der Waals surface area contributed by atoms with Crippen molar-refractivity contribution in [3.63, 3.8) is 0 Å². The van der Waals surface area contributed by atoms with Gasteiger partial charge in [-0.2, -0.15) is 5.10 Å². The number of β-amino-alcohol motifs (C(OH)–C–C–N with tert-alkyl or cyclic N) is 1. The molecule has 2 aromatic rings. The van der Waals surface area contributed by atoms with Crippen molar-refractivity contribution in [2.24, 2.45) is 0 Å². The van der Waals surface area contributed by atoms with Crippen molar-refractivity contribution < 1.29 is 14.6 Å². The van der Waals surface area contributed by atoms with Gasteiger partial charge in [-0.25, -0.2) is 0 Å². The summed E-state index contributed by atoms with van der Waals surface area (Å²) in [6.45, 7) is 5.12. The van der Waals surface area contributed by atoms with Gasteiger partial charge in [-0.05, 0) is 32.0 Å². The Kier molecular flexibility index (Phi) is 5.08. The number of carbonyl (C=O) groups excluding carboxylic acids is 1. The number of nitrogens with zero attached hydrogens (tertiary/aromatic N) is 3. The normalized spacial score (nSPS) is 23.5. The second kappa shape index (κ2) is 7.27. The zero-order chi connectivity index (χ0) is 17.9. The van der Waals surface area contributed by atoms with Gasteiger partial charge in [0.25, 0.3) is 0 Å². The summed E-state index contributed by atoms with van der Waals surface area (Å²) >= 11 is 0. The van der Waals surface area contributed by atoms with Crippen LogP contribution in [0.2, 0.25) is 0 Å². The first-order valence-electron chi connectivity index (χ1n) is 8.66. The molecule has 1 aliphatic heterocycles. The van der Waals surface area contributed by atoms with Crippen LogP contribution in [-0.4, -0.2) is 50.5 Å². The molecule has 1 fully saturated rings. The maximum absolute atomic E-state index is 12.5. The lowest BCUT2D eigenvalue weighted by atomic mass is 9.91. The number of benzene rings is 1. The summed E-state index contributed by atoms with van der Waals surface area (Å²) in [4.78, 5) is 14.2. The first kappa shape index (κ1) is 17.5. The predicted octanol–water partition coefficient (Wildman–Crippen LogP) is 2.01. The summed E-state index contributed by atoms with van der Waals surface area (Å²) in [6.07, 6.45) is 2.39. The molecule has 0 spiro atoms. The number of amides is 1. The number of hydrogen-bond donors (Lipinski definition) is 1. The molecule has 6 nitrogen and oxygen atoms in total. The van der Waals surface area contributed by atoms with Gasteiger partial charge in [-0.15, -0.1) is 0 Å². The third kappa shape index (κ3) is 4.20. The average molecular weight is 343 g/mol. The van der Waals surface area contributed by atoms with E-state index in [0.717, 1.165) is 11.4 Å².